The number of ether oxygens (including phenoxy) is 2. The van der Waals surface area contributed by atoms with Crippen molar-refractivity contribution in [2.45, 2.75) is 83.3 Å². The number of benzene rings is 2. The number of nitrogens with one attached hydrogen (secondary N) is 1. The van der Waals surface area contributed by atoms with Crippen LogP contribution in [0, 0.1) is 5.92 Å². The molecule has 238 valence electrons. The second-order valence-electron chi connectivity index (χ2n) is 13.6. The normalized spacial score (nSPS) is 31.6. The number of nitrogens with zero attached hydrogens (tertiary/aromatic N) is 2. The van der Waals surface area contributed by atoms with Gasteiger partial charge in [-0.3, -0.25) is 19.4 Å². The summed E-state index contributed by atoms with van der Waals surface area (Å²) in [5, 5.41) is 3.47. The zero-order valence-corrected chi connectivity index (χ0v) is 26.9. The summed E-state index contributed by atoms with van der Waals surface area (Å²) >= 11 is 0. The van der Waals surface area contributed by atoms with Crippen molar-refractivity contribution in [2.24, 2.45) is 11.7 Å². The van der Waals surface area contributed by atoms with E-state index in [1.165, 1.54) is 22.3 Å². The van der Waals surface area contributed by atoms with E-state index in [4.69, 9.17) is 15.2 Å². The summed E-state index contributed by atoms with van der Waals surface area (Å²) in [6.45, 7) is 12.7. The average Bonchev–Trinajstić information content (AvgIpc) is 3.34. The molecule has 1 saturated carbocycles. The van der Waals surface area contributed by atoms with E-state index in [1.54, 1.807) is 6.07 Å². The first-order valence-corrected chi connectivity index (χ1v) is 16.7. The molecule has 0 radical (unpaired) electrons. The lowest BCUT2D eigenvalue weighted by molar-refractivity contribution is -0.136. The second-order valence-corrected chi connectivity index (χ2v) is 13.6. The fourth-order valence-electron chi connectivity index (χ4n) is 8.81. The molecule has 3 N–H and O–H groups in total. The van der Waals surface area contributed by atoms with Crippen LogP contribution in [-0.4, -0.2) is 78.6 Å². The molecule has 8 heteroatoms. The monoisotopic (exact) mass is 610 g/mol. The Kier molecular flexibility index (Phi) is 8.19. The van der Waals surface area contributed by atoms with Crippen molar-refractivity contribution < 1.29 is 19.1 Å². The molecule has 7 atom stereocenters. The number of hydrogen-bond acceptors (Lipinski definition) is 7. The van der Waals surface area contributed by atoms with Crippen molar-refractivity contribution in [1.29, 1.82) is 0 Å². The third kappa shape index (κ3) is 5.26. The standard InChI is InChI=1S/C37H46N4O4/c1-5-28-20-27(11-14-45-28)41(35-31-21(2)17-22(3)39-32(31)36(35)42)34-23(4)33(40-12-15-44-16-13-40)29-10-9-25(19-30(29)34)24-7-6-8-26(18-24)37(38)43/h6-10,17-19,23,27-28,32-35,39H,5,11-16,20H2,1-4H3,(H2,38,43). The van der Waals surface area contributed by atoms with Crippen molar-refractivity contribution in [3.8, 4) is 11.1 Å². The first-order chi connectivity index (χ1) is 21.8. The maximum Gasteiger partial charge on any atom is 0.248 e. The Balaban J connectivity index is 1.38. The van der Waals surface area contributed by atoms with Gasteiger partial charge in [-0.15, -0.1) is 0 Å². The number of amides is 1. The summed E-state index contributed by atoms with van der Waals surface area (Å²) in [5.41, 5.74) is 14.3. The zero-order chi connectivity index (χ0) is 31.4. The third-order valence-corrected chi connectivity index (χ3v) is 10.9. The molecule has 0 aromatic heterocycles. The Labute approximate surface area is 266 Å². The third-order valence-electron chi connectivity index (χ3n) is 10.9. The molecular formula is C37H46N4O4. The van der Waals surface area contributed by atoms with Gasteiger partial charge in [0.25, 0.3) is 0 Å². The van der Waals surface area contributed by atoms with Gasteiger partial charge in [0.15, 0.2) is 5.78 Å². The average molecular weight is 611 g/mol. The van der Waals surface area contributed by atoms with Crippen LogP contribution in [0.5, 0.6) is 0 Å². The number of dihydropyridines is 1. The van der Waals surface area contributed by atoms with E-state index in [1.807, 2.05) is 25.1 Å². The largest absolute Gasteiger partial charge is 0.379 e. The molecule has 5 aliphatic rings. The number of ketones is 1. The first-order valence-electron chi connectivity index (χ1n) is 16.7. The Hall–Kier alpha value is -3.30. The van der Waals surface area contributed by atoms with E-state index < -0.39 is 5.91 Å². The Morgan fingerprint density at radius 2 is 1.84 bits per heavy atom. The van der Waals surface area contributed by atoms with Crippen molar-refractivity contribution in [2.75, 3.05) is 32.9 Å². The lowest BCUT2D eigenvalue weighted by atomic mass is 9.71. The van der Waals surface area contributed by atoms with E-state index in [0.717, 1.165) is 62.4 Å². The van der Waals surface area contributed by atoms with Crippen LogP contribution in [0.1, 0.15) is 80.5 Å². The molecule has 1 amide bonds. The predicted octanol–water partition coefficient (Wildman–Crippen LogP) is 4.92. The molecule has 3 heterocycles. The SMILES string of the molecule is CCC1CC(N(C2C(=O)C3NC(C)=CC(C)=C32)C2c3cc(-c4cccc(C(N)=O)c4)ccc3C(N3CCOCC3)C2C)CCO1. The fraction of sp³-hybridized carbons (Fsp3) is 0.514. The van der Waals surface area contributed by atoms with Gasteiger partial charge in [0.1, 0.15) is 6.04 Å². The van der Waals surface area contributed by atoms with Gasteiger partial charge in [0.2, 0.25) is 5.91 Å². The molecular weight excluding hydrogens is 564 g/mol. The molecule has 3 aliphatic heterocycles. The molecule has 7 unspecified atom stereocenters. The van der Waals surface area contributed by atoms with E-state index in [-0.39, 0.29) is 48.0 Å². The van der Waals surface area contributed by atoms with Gasteiger partial charge in [-0.1, -0.05) is 38.1 Å². The van der Waals surface area contributed by atoms with Gasteiger partial charge in [-0.25, -0.2) is 0 Å². The van der Waals surface area contributed by atoms with Crippen LogP contribution in [0.25, 0.3) is 11.1 Å². The fourth-order valence-corrected chi connectivity index (χ4v) is 8.81. The predicted molar refractivity (Wildman–Crippen MR) is 175 cm³/mol. The minimum Gasteiger partial charge on any atom is -0.379 e. The van der Waals surface area contributed by atoms with E-state index in [2.05, 4.69) is 60.2 Å². The summed E-state index contributed by atoms with van der Waals surface area (Å²) in [4.78, 5) is 31.5. The summed E-state index contributed by atoms with van der Waals surface area (Å²) in [7, 11) is 0. The highest BCUT2D eigenvalue weighted by atomic mass is 16.5. The zero-order valence-electron chi connectivity index (χ0n) is 26.9. The Morgan fingerprint density at radius 1 is 1.07 bits per heavy atom. The van der Waals surface area contributed by atoms with E-state index in [9.17, 15) is 9.59 Å². The number of carbonyl (C=O) groups excluding carboxylic acids is 2. The number of allylic oxidation sites excluding steroid dienone is 3. The van der Waals surface area contributed by atoms with Crippen molar-refractivity contribution in [3.63, 3.8) is 0 Å². The van der Waals surface area contributed by atoms with Gasteiger partial charge in [0, 0.05) is 49.1 Å². The van der Waals surface area contributed by atoms with E-state index in [0.29, 0.717) is 12.2 Å². The topological polar surface area (TPSA) is 97.1 Å². The molecule has 0 bridgehead atoms. The molecule has 2 aliphatic carbocycles. The Morgan fingerprint density at radius 3 is 2.60 bits per heavy atom. The van der Waals surface area contributed by atoms with Crippen LogP contribution in [0.4, 0.5) is 0 Å². The van der Waals surface area contributed by atoms with Crippen molar-refractivity contribution >= 4 is 11.7 Å². The maximum atomic E-state index is 14.2. The molecule has 2 aromatic carbocycles. The van der Waals surface area contributed by atoms with Gasteiger partial charge >= 0.3 is 0 Å². The highest BCUT2D eigenvalue weighted by Crippen LogP contribution is 2.54. The lowest BCUT2D eigenvalue weighted by Gasteiger charge is -2.53. The number of fused-ring (bicyclic) bond motifs is 2. The summed E-state index contributed by atoms with van der Waals surface area (Å²) in [6, 6.07) is 14.4. The van der Waals surface area contributed by atoms with Crippen LogP contribution in [-0.2, 0) is 14.3 Å². The van der Waals surface area contributed by atoms with Gasteiger partial charge in [0.05, 0.1) is 25.4 Å². The van der Waals surface area contributed by atoms with Crippen molar-refractivity contribution in [1.82, 2.24) is 15.1 Å². The lowest BCUT2D eigenvalue weighted by Crippen LogP contribution is -2.67. The van der Waals surface area contributed by atoms with Gasteiger partial charge < -0.3 is 20.5 Å². The molecule has 8 nitrogen and oxygen atoms in total. The minimum absolute atomic E-state index is 0.0370. The van der Waals surface area contributed by atoms with E-state index >= 15 is 0 Å². The molecule has 2 saturated heterocycles. The van der Waals surface area contributed by atoms with Crippen molar-refractivity contribution in [3.05, 3.63) is 82.1 Å². The molecule has 3 fully saturated rings. The van der Waals surface area contributed by atoms with Crippen LogP contribution in [0.3, 0.4) is 0 Å². The highest BCUT2D eigenvalue weighted by Gasteiger charge is 2.56. The summed E-state index contributed by atoms with van der Waals surface area (Å²) in [6.07, 6.45) is 5.16. The van der Waals surface area contributed by atoms with Crippen LogP contribution in [0.2, 0.25) is 0 Å². The van der Waals surface area contributed by atoms with Crippen LogP contribution < -0.4 is 11.1 Å². The number of morpholine rings is 1. The number of rotatable bonds is 7. The minimum atomic E-state index is -0.430. The van der Waals surface area contributed by atoms with Crippen LogP contribution in [0.15, 0.2) is 65.4 Å². The molecule has 45 heavy (non-hydrogen) atoms. The number of nitrogens with two attached hydrogens (primary N) is 1. The first kappa shape index (κ1) is 30.4. The number of Topliss-reactive ketones (excluding diaryl/α,β-unsaturated/α-hetero) is 1. The summed E-state index contributed by atoms with van der Waals surface area (Å²) < 4.78 is 12.0. The number of hydrogen-bond donors (Lipinski definition) is 2. The second kappa shape index (κ2) is 12.1. The highest BCUT2D eigenvalue weighted by molar-refractivity contribution is 6.04. The summed E-state index contributed by atoms with van der Waals surface area (Å²) in [5.74, 6) is 0.0835. The smallest absolute Gasteiger partial charge is 0.248 e. The molecule has 2 aromatic rings. The van der Waals surface area contributed by atoms with Crippen LogP contribution >= 0.6 is 0 Å². The quantitative estimate of drug-likeness (QED) is 0.460. The van der Waals surface area contributed by atoms with Gasteiger partial charge in [-0.2, -0.15) is 0 Å². The number of primary amides is 1. The van der Waals surface area contributed by atoms with Gasteiger partial charge in [-0.05, 0) is 96.7 Å². The number of carbonyl (C=O) groups is 2. The molecule has 7 rings (SSSR count). The molecule has 0 spiro atoms. The Bertz CT molecular complexity index is 1560. The maximum absolute atomic E-state index is 14.2.